The summed E-state index contributed by atoms with van der Waals surface area (Å²) in [4.78, 5) is 0. The van der Waals surface area contributed by atoms with Crippen LogP contribution in [0.2, 0.25) is 0 Å². The summed E-state index contributed by atoms with van der Waals surface area (Å²) >= 11 is 0. The van der Waals surface area contributed by atoms with E-state index in [1.165, 1.54) is 23.1 Å². The number of fused-ring (bicyclic) bond motifs is 1. The van der Waals surface area contributed by atoms with Crippen molar-refractivity contribution in [2.24, 2.45) is 0 Å². The first-order valence-corrected chi connectivity index (χ1v) is 7.22. The molecule has 20 heavy (non-hydrogen) atoms. The molecule has 0 saturated carbocycles. The van der Waals surface area contributed by atoms with Crippen molar-refractivity contribution in [1.82, 2.24) is 5.32 Å². The zero-order valence-electron chi connectivity index (χ0n) is 12.1. The average molecular weight is 267 g/mol. The van der Waals surface area contributed by atoms with Crippen molar-refractivity contribution in [3.8, 4) is 5.75 Å². The van der Waals surface area contributed by atoms with Gasteiger partial charge in [-0.3, -0.25) is 0 Å². The molecule has 0 radical (unpaired) electrons. The summed E-state index contributed by atoms with van der Waals surface area (Å²) in [7, 11) is 3.79. The molecule has 0 aliphatic heterocycles. The lowest BCUT2D eigenvalue weighted by molar-refractivity contribution is 0.411. The molecule has 2 heteroatoms. The molecular weight excluding hydrogens is 246 g/mol. The predicted molar refractivity (Wildman–Crippen MR) is 82.4 cm³/mol. The summed E-state index contributed by atoms with van der Waals surface area (Å²) in [6, 6.07) is 17.8. The third-order valence-electron chi connectivity index (χ3n) is 4.34. The van der Waals surface area contributed by atoms with Crippen molar-refractivity contribution in [1.29, 1.82) is 0 Å². The normalized spacial score (nSPS) is 21.3. The van der Waals surface area contributed by atoms with Crippen LogP contribution >= 0.6 is 0 Å². The van der Waals surface area contributed by atoms with Gasteiger partial charge in [-0.2, -0.15) is 0 Å². The van der Waals surface area contributed by atoms with Gasteiger partial charge in [0.1, 0.15) is 5.75 Å². The number of ether oxygens (including phenoxy) is 1. The molecule has 104 valence electrons. The molecule has 0 heterocycles. The minimum absolute atomic E-state index is 0.403. The zero-order valence-corrected chi connectivity index (χ0v) is 12.1. The quantitative estimate of drug-likeness (QED) is 0.920. The van der Waals surface area contributed by atoms with Gasteiger partial charge in [-0.1, -0.05) is 36.4 Å². The Kier molecular flexibility index (Phi) is 3.75. The van der Waals surface area contributed by atoms with Gasteiger partial charge in [0.05, 0.1) is 7.11 Å². The van der Waals surface area contributed by atoms with Crippen LogP contribution < -0.4 is 10.1 Å². The summed E-state index contributed by atoms with van der Waals surface area (Å²) in [6.45, 7) is 0. The van der Waals surface area contributed by atoms with E-state index in [-0.39, 0.29) is 0 Å². The second kappa shape index (κ2) is 5.68. The topological polar surface area (TPSA) is 21.3 Å². The second-order valence-electron chi connectivity index (χ2n) is 5.39. The van der Waals surface area contributed by atoms with Crippen LogP contribution in [0.15, 0.2) is 48.5 Å². The van der Waals surface area contributed by atoms with Crippen LogP contribution in [-0.2, 0) is 6.42 Å². The molecule has 0 spiro atoms. The standard InChI is InChI=1S/C18H21NO/c1-19-17-11-10-13-6-3-4-9-16(13)18(17)14-7-5-8-15(12-14)20-2/h3-9,12,17-19H,10-11H2,1-2H3/t17-,18+/m0/s1. The number of hydrogen-bond acceptors (Lipinski definition) is 2. The van der Waals surface area contributed by atoms with Gasteiger partial charge in [0.15, 0.2) is 0 Å². The number of hydrogen-bond donors (Lipinski definition) is 1. The van der Waals surface area contributed by atoms with Crippen LogP contribution in [0.3, 0.4) is 0 Å². The fraction of sp³-hybridized carbons (Fsp3) is 0.333. The highest BCUT2D eigenvalue weighted by Gasteiger charge is 2.29. The molecule has 2 atom stereocenters. The molecule has 1 N–H and O–H groups in total. The first-order chi connectivity index (χ1) is 9.83. The van der Waals surface area contributed by atoms with Crippen molar-refractivity contribution < 1.29 is 4.74 Å². The molecule has 2 nitrogen and oxygen atoms in total. The molecule has 0 bridgehead atoms. The van der Waals surface area contributed by atoms with E-state index in [1.54, 1.807) is 7.11 Å². The monoisotopic (exact) mass is 267 g/mol. The maximum atomic E-state index is 5.38. The van der Waals surface area contributed by atoms with Crippen LogP contribution in [0, 0.1) is 0 Å². The molecule has 0 aromatic heterocycles. The third kappa shape index (κ3) is 2.32. The zero-order chi connectivity index (χ0) is 13.9. The van der Waals surface area contributed by atoms with E-state index in [0.29, 0.717) is 12.0 Å². The first-order valence-electron chi connectivity index (χ1n) is 7.22. The average Bonchev–Trinajstić information content (AvgIpc) is 2.53. The summed E-state index contributed by atoms with van der Waals surface area (Å²) in [6.07, 6.45) is 2.33. The summed E-state index contributed by atoms with van der Waals surface area (Å²) in [5.41, 5.74) is 4.26. The highest BCUT2D eigenvalue weighted by Crippen LogP contribution is 2.37. The predicted octanol–water partition coefficient (Wildman–Crippen LogP) is 3.36. The maximum absolute atomic E-state index is 5.38. The van der Waals surface area contributed by atoms with E-state index in [0.717, 1.165) is 12.2 Å². The van der Waals surface area contributed by atoms with Gasteiger partial charge >= 0.3 is 0 Å². The van der Waals surface area contributed by atoms with Gasteiger partial charge in [-0.25, -0.2) is 0 Å². The molecule has 3 rings (SSSR count). The van der Waals surface area contributed by atoms with Crippen molar-refractivity contribution in [2.45, 2.75) is 24.8 Å². The third-order valence-corrected chi connectivity index (χ3v) is 4.34. The summed E-state index contributed by atoms with van der Waals surface area (Å²) in [5.74, 6) is 1.33. The smallest absolute Gasteiger partial charge is 0.119 e. The Morgan fingerprint density at radius 3 is 2.75 bits per heavy atom. The molecule has 2 aromatic carbocycles. The Morgan fingerprint density at radius 1 is 1.10 bits per heavy atom. The molecule has 0 amide bonds. The van der Waals surface area contributed by atoms with Crippen molar-refractivity contribution in [3.05, 3.63) is 65.2 Å². The van der Waals surface area contributed by atoms with Crippen molar-refractivity contribution in [3.63, 3.8) is 0 Å². The van der Waals surface area contributed by atoms with E-state index < -0.39 is 0 Å². The Balaban J connectivity index is 2.08. The number of benzene rings is 2. The minimum atomic E-state index is 0.403. The molecule has 2 aromatic rings. The van der Waals surface area contributed by atoms with E-state index in [9.17, 15) is 0 Å². The van der Waals surface area contributed by atoms with Crippen LogP contribution in [0.25, 0.3) is 0 Å². The van der Waals surface area contributed by atoms with Gasteiger partial charge in [-0.15, -0.1) is 0 Å². The lowest BCUT2D eigenvalue weighted by atomic mass is 9.75. The van der Waals surface area contributed by atoms with Crippen LogP contribution in [0.1, 0.15) is 29.0 Å². The van der Waals surface area contributed by atoms with Crippen LogP contribution in [-0.4, -0.2) is 20.2 Å². The molecule has 1 aliphatic rings. The number of methoxy groups -OCH3 is 1. The number of aryl methyl sites for hydroxylation is 1. The van der Waals surface area contributed by atoms with Crippen LogP contribution in [0.4, 0.5) is 0 Å². The van der Waals surface area contributed by atoms with Gasteiger partial charge in [-0.05, 0) is 48.7 Å². The fourth-order valence-electron chi connectivity index (χ4n) is 3.32. The molecule has 0 fully saturated rings. The molecule has 0 saturated heterocycles. The summed E-state index contributed by atoms with van der Waals surface area (Å²) in [5, 5.41) is 3.49. The van der Waals surface area contributed by atoms with Crippen LogP contribution in [0.5, 0.6) is 5.75 Å². The Morgan fingerprint density at radius 2 is 1.95 bits per heavy atom. The van der Waals surface area contributed by atoms with Gasteiger partial charge in [0, 0.05) is 12.0 Å². The first kappa shape index (κ1) is 13.2. The lowest BCUT2D eigenvalue weighted by Gasteiger charge is -2.34. The second-order valence-corrected chi connectivity index (χ2v) is 5.39. The van der Waals surface area contributed by atoms with Gasteiger partial charge in [0.2, 0.25) is 0 Å². The van der Waals surface area contributed by atoms with Gasteiger partial charge < -0.3 is 10.1 Å². The van der Waals surface area contributed by atoms with E-state index >= 15 is 0 Å². The van der Waals surface area contributed by atoms with Crippen molar-refractivity contribution in [2.75, 3.05) is 14.2 Å². The van der Waals surface area contributed by atoms with E-state index in [1.807, 2.05) is 6.07 Å². The highest BCUT2D eigenvalue weighted by atomic mass is 16.5. The fourth-order valence-corrected chi connectivity index (χ4v) is 3.32. The van der Waals surface area contributed by atoms with E-state index in [2.05, 4.69) is 54.8 Å². The molecular formula is C18H21NO. The Labute approximate surface area is 120 Å². The molecule has 0 unspecified atom stereocenters. The van der Waals surface area contributed by atoms with Crippen molar-refractivity contribution >= 4 is 0 Å². The maximum Gasteiger partial charge on any atom is 0.119 e. The summed E-state index contributed by atoms with van der Waals surface area (Å²) < 4.78 is 5.38. The Hall–Kier alpha value is -1.80. The highest BCUT2D eigenvalue weighted by molar-refractivity contribution is 5.44. The molecule has 1 aliphatic carbocycles. The minimum Gasteiger partial charge on any atom is -0.497 e. The van der Waals surface area contributed by atoms with Gasteiger partial charge in [0.25, 0.3) is 0 Å². The SMILES string of the molecule is CN[C@H]1CCc2ccccc2[C@H]1c1cccc(OC)c1. The number of rotatable bonds is 3. The number of likely N-dealkylation sites (N-methyl/N-ethyl adjacent to an activating group) is 1. The largest absolute Gasteiger partial charge is 0.497 e. The van der Waals surface area contributed by atoms with E-state index in [4.69, 9.17) is 4.74 Å². The number of nitrogens with one attached hydrogen (secondary N) is 1. The Bertz CT molecular complexity index is 593. The lowest BCUT2D eigenvalue weighted by Crippen LogP contribution is -2.36.